The van der Waals surface area contributed by atoms with Gasteiger partial charge in [0.15, 0.2) is 5.75 Å². The molecule has 1 aliphatic rings. The molecule has 0 aliphatic carbocycles. The zero-order valence-corrected chi connectivity index (χ0v) is 33.7. The molecule has 0 bridgehead atoms. The second kappa shape index (κ2) is 18.5. The van der Waals surface area contributed by atoms with Gasteiger partial charge in [0, 0.05) is 12.0 Å². The van der Waals surface area contributed by atoms with E-state index in [1.165, 1.54) is 18.2 Å². The highest BCUT2D eigenvalue weighted by atomic mass is 35.5. The Morgan fingerprint density at radius 3 is 2.02 bits per heavy atom. The Hall–Kier alpha value is -5.02. The Kier molecular flexibility index (Phi) is 15.0. The van der Waals surface area contributed by atoms with E-state index in [2.05, 4.69) is 10.6 Å². The third-order valence-electron chi connectivity index (χ3n) is 8.02. The fourth-order valence-electron chi connectivity index (χ4n) is 5.75. The maximum Gasteiger partial charge on any atom is 0.411 e. The summed E-state index contributed by atoms with van der Waals surface area (Å²) in [5.41, 5.74) is -3.62. The Morgan fingerprint density at radius 1 is 0.891 bits per heavy atom. The average Bonchev–Trinajstić information content (AvgIpc) is 3.46. The quantitative estimate of drug-likeness (QED) is 0.142. The fourth-order valence-corrected chi connectivity index (χ4v) is 6.34. The topological polar surface area (TPSA) is 185 Å². The molecule has 0 radical (unpaired) electrons. The molecule has 1 fully saturated rings. The van der Waals surface area contributed by atoms with Crippen molar-refractivity contribution in [1.82, 2.24) is 15.5 Å². The van der Waals surface area contributed by atoms with Crippen LogP contribution in [0, 0.1) is 0 Å². The van der Waals surface area contributed by atoms with Gasteiger partial charge in [0.05, 0.1) is 37.4 Å². The number of esters is 3. The number of hydrogen-bond donors (Lipinski definition) is 2. The minimum atomic E-state index is -1.98. The van der Waals surface area contributed by atoms with Crippen LogP contribution >= 0.6 is 23.2 Å². The number of ether oxygens (including phenoxy) is 6. The van der Waals surface area contributed by atoms with Crippen molar-refractivity contribution >= 4 is 59.2 Å². The van der Waals surface area contributed by atoms with Gasteiger partial charge in [-0.1, -0.05) is 53.5 Å². The summed E-state index contributed by atoms with van der Waals surface area (Å²) in [5, 5.41) is 4.94. The van der Waals surface area contributed by atoms with Crippen molar-refractivity contribution in [1.29, 1.82) is 0 Å². The number of amides is 3. The summed E-state index contributed by atoms with van der Waals surface area (Å²) in [6.45, 7) is 9.80. The van der Waals surface area contributed by atoms with E-state index in [1.54, 1.807) is 41.5 Å². The molecule has 3 amide bonds. The molecule has 1 heterocycles. The fraction of sp³-hybridized carbons (Fsp3) is 0.474. The van der Waals surface area contributed by atoms with Gasteiger partial charge in [-0.2, -0.15) is 0 Å². The van der Waals surface area contributed by atoms with E-state index in [-0.39, 0.29) is 40.8 Å². The lowest BCUT2D eigenvalue weighted by atomic mass is 9.88. The van der Waals surface area contributed by atoms with Crippen molar-refractivity contribution in [3.63, 3.8) is 0 Å². The Labute approximate surface area is 329 Å². The third-order valence-corrected chi connectivity index (χ3v) is 8.58. The van der Waals surface area contributed by atoms with E-state index >= 15 is 0 Å². The van der Waals surface area contributed by atoms with Crippen molar-refractivity contribution < 1.29 is 57.2 Å². The Morgan fingerprint density at radius 2 is 1.49 bits per heavy atom. The lowest BCUT2D eigenvalue weighted by molar-refractivity contribution is -0.156. The number of carbonyl (C=O) groups is 6. The van der Waals surface area contributed by atoms with Gasteiger partial charge >= 0.3 is 30.1 Å². The minimum absolute atomic E-state index is 0.0177. The molecule has 3 atom stereocenters. The smallest absolute Gasteiger partial charge is 0.411 e. The van der Waals surface area contributed by atoms with Crippen molar-refractivity contribution in [2.45, 2.75) is 96.2 Å². The second-order valence-corrected chi connectivity index (χ2v) is 15.3. The van der Waals surface area contributed by atoms with Gasteiger partial charge in [-0.05, 0) is 78.2 Å². The molecule has 15 nitrogen and oxygen atoms in total. The van der Waals surface area contributed by atoms with E-state index in [0.29, 0.717) is 0 Å². The summed E-state index contributed by atoms with van der Waals surface area (Å²) < 4.78 is 31.9. The van der Waals surface area contributed by atoms with Crippen LogP contribution in [0.2, 0.25) is 10.0 Å². The number of halogens is 2. The molecule has 0 spiro atoms. The van der Waals surface area contributed by atoms with Gasteiger partial charge in [-0.15, -0.1) is 0 Å². The second-order valence-electron chi connectivity index (χ2n) is 14.5. The van der Waals surface area contributed by atoms with Crippen LogP contribution in [0.4, 0.5) is 9.59 Å². The standard InChI is InChI=1S/C38H47Cl2N3O12/c1-36(2,3)54-34(48)42-28(32(46)51-8)20-38(33(47)52-9)16-15-24(43(38)35(49)55-37(4,5)6)19-27(31(45)50-7)41-30(44)23-17-25(39)29(26(40)18-23)53-21-22-13-11-10-12-14-22/h10-14,17-19,24,28H,15-16,20-21H2,1-9H3,(H,41,44)(H,42,48)/b27-19+/t24-,28-,38-/m1/s1. The van der Waals surface area contributed by atoms with Crippen molar-refractivity contribution in [2.75, 3.05) is 21.3 Å². The number of nitrogens with zero attached hydrogens (tertiary/aromatic N) is 1. The highest BCUT2D eigenvalue weighted by Gasteiger charge is 2.57. The number of rotatable bonds is 12. The summed E-state index contributed by atoms with van der Waals surface area (Å²) in [4.78, 5) is 81.4. The number of likely N-dealkylation sites (tertiary alicyclic amines) is 1. The molecule has 55 heavy (non-hydrogen) atoms. The monoisotopic (exact) mass is 807 g/mol. The molecule has 0 saturated carbocycles. The molecule has 3 rings (SSSR count). The van der Waals surface area contributed by atoms with E-state index in [0.717, 1.165) is 31.8 Å². The molecule has 17 heteroatoms. The van der Waals surface area contributed by atoms with Crippen LogP contribution in [0.5, 0.6) is 5.75 Å². The van der Waals surface area contributed by atoms with Crippen molar-refractivity contribution in [2.24, 2.45) is 0 Å². The van der Waals surface area contributed by atoms with E-state index in [4.69, 9.17) is 51.6 Å². The number of hydrogen-bond acceptors (Lipinski definition) is 12. The largest absolute Gasteiger partial charge is 0.486 e. The first-order valence-electron chi connectivity index (χ1n) is 17.1. The van der Waals surface area contributed by atoms with Crippen LogP contribution in [0.1, 0.15) is 76.7 Å². The summed E-state index contributed by atoms with van der Waals surface area (Å²) >= 11 is 12.9. The van der Waals surface area contributed by atoms with Gasteiger partial charge in [0.2, 0.25) is 0 Å². The maximum absolute atomic E-state index is 14.0. The van der Waals surface area contributed by atoms with Gasteiger partial charge in [0.1, 0.15) is 35.1 Å². The lowest BCUT2D eigenvalue weighted by Gasteiger charge is -2.40. The molecule has 2 aromatic carbocycles. The van der Waals surface area contributed by atoms with Crippen LogP contribution in [0.25, 0.3) is 0 Å². The van der Waals surface area contributed by atoms with Gasteiger partial charge in [0.25, 0.3) is 5.91 Å². The van der Waals surface area contributed by atoms with Crippen LogP contribution in [-0.4, -0.2) is 91.1 Å². The summed E-state index contributed by atoms with van der Waals surface area (Å²) in [7, 11) is 3.25. The first-order valence-corrected chi connectivity index (χ1v) is 17.9. The van der Waals surface area contributed by atoms with E-state index in [9.17, 15) is 28.8 Å². The first-order chi connectivity index (χ1) is 25.6. The zero-order chi connectivity index (χ0) is 41.3. The van der Waals surface area contributed by atoms with Crippen molar-refractivity contribution in [3.8, 4) is 5.75 Å². The number of carbonyl (C=O) groups excluding carboxylic acids is 6. The van der Waals surface area contributed by atoms with Crippen LogP contribution in [0.3, 0.4) is 0 Å². The van der Waals surface area contributed by atoms with E-state index in [1.807, 2.05) is 30.3 Å². The molecule has 0 aromatic heterocycles. The molecular formula is C38H47Cl2N3O12. The van der Waals surface area contributed by atoms with Crippen LogP contribution in [-0.2, 0) is 44.7 Å². The van der Waals surface area contributed by atoms with Gasteiger partial charge in [-0.25, -0.2) is 24.0 Å². The average molecular weight is 809 g/mol. The summed E-state index contributed by atoms with van der Waals surface area (Å²) in [6.07, 6.45) is -1.53. The molecule has 2 aromatic rings. The lowest BCUT2D eigenvalue weighted by Crippen LogP contribution is -2.60. The van der Waals surface area contributed by atoms with Crippen molar-refractivity contribution in [3.05, 3.63) is 75.4 Å². The molecule has 0 unspecified atom stereocenters. The number of benzene rings is 2. The highest BCUT2D eigenvalue weighted by molar-refractivity contribution is 6.37. The van der Waals surface area contributed by atoms with E-state index < -0.39 is 76.9 Å². The molecule has 1 saturated heterocycles. The predicted octanol–water partition coefficient (Wildman–Crippen LogP) is 6.13. The third kappa shape index (κ3) is 12.0. The minimum Gasteiger partial charge on any atom is -0.486 e. The molecule has 2 N–H and O–H groups in total. The number of alkyl carbamates (subject to hydrolysis) is 1. The summed E-state index contributed by atoms with van der Waals surface area (Å²) in [5.74, 6) is -3.61. The maximum atomic E-state index is 14.0. The number of methoxy groups -OCH3 is 3. The molecular weight excluding hydrogens is 761 g/mol. The highest BCUT2D eigenvalue weighted by Crippen LogP contribution is 2.41. The Bertz CT molecular complexity index is 1770. The molecule has 300 valence electrons. The predicted molar refractivity (Wildman–Crippen MR) is 200 cm³/mol. The number of nitrogens with one attached hydrogen (secondary N) is 2. The normalized spacial score (nSPS) is 17.7. The SMILES string of the molecule is COC(=O)/C(=C\[C@H]1CC[C@@](C[C@@H](NC(=O)OC(C)(C)C)C(=O)OC)(C(=O)OC)N1C(=O)OC(C)(C)C)NC(=O)c1cc(Cl)c(OCc2ccccc2)c(Cl)c1. The first kappa shape index (κ1) is 44.4. The van der Waals surface area contributed by atoms with Gasteiger partial charge in [-0.3, -0.25) is 9.69 Å². The van der Waals surface area contributed by atoms with Crippen LogP contribution < -0.4 is 15.4 Å². The van der Waals surface area contributed by atoms with Gasteiger partial charge < -0.3 is 39.1 Å². The van der Waals surface area contributed by atoms with Crippen LogP contribution in [0.15, 0.2) is 54.2 Å². The molecule has 1 aliphatic heterocycles. The zero-order valence-electron chi connectivity index (χ0n) is 32.2. The summed E-state index contributed by atoms with van der Waals surface area (Å²) in [6, 6.07) is 9.18. The Balaban J connectivity index is 2.05.